The van der Waals surface area contributed by atoms with Gasteiger partial charge in [-0.3, -0.25) is 4.79 Å². The van der Waals surface area contributed by atoms with E-state index in [1.165, 1.54) is 5.56 Å². The predicted octanol–water partition coefficient (Wildman–Crippen LogP) is 3.21. The average Bonchev–Trinajstić information content (AvgIpc) is 2.44. The van der Waals surface area contributed by atoms with Crippen molar-refractivity contribution >= 4 is 21.7 Å². The SMILES string of the molecule is CCC1Cc2cccc(Br)c2C1=O. The topological polar surface area (TPSA) is 17.1 Å². The summed E-state index contributed by atoms with van der Waals surface area (Å²) in [4.78, 5) is 11.8. The van der Waals surface area contributed by atoms with Crippen LogP contribution in [0.15, 0.2) is 22.7 Å². The molecule has 2 heteroatoms. The molecule has 13 heavy (non-hydrogen) atoms. The van der Waals surface area contributed by atoms with Crippen molar-refractivity contribution in [2.45, 2.75) is 19.8 Å². The molecule has 0 spiro atoms. The molecule has 0 aromatic heterocycles. The van der Waals surface area contributed by atoms with E-state index in [-0.39, 0.29) is 5.92 Å². The Bertz CT molecular complexity index is 357. The van der Waals surface area contributed by atoms with Gasteiger partial charge in [0, 0.05) is 16.0 Å². The molecule has 2 rings (SSSR count). The fourth-order valence-electron chi connectivity index (χ4n) is 1.91. The minimum Gasteiger partial charge on any atom is -0.294 e. The lowest BCUT2D eigenvalue weighted by Gasteiger charge is -2.01. The van der Waals surface area contributed by atoms with Gasteiger partial charge < -0.3 is 0 Å². The van der Waals surface area contributed by atoms with E-state index >= 15 is 0 Å². The van der Waals surface area contributed by atoms with Crippen LogP contribution in [0.25, 0.3) is 0 Å². The number of carbonyl (C=O) groups is 1. The lowest BCUT2D eigenvalue weighted by atomic mass is 10.0. The fraction of sp³-hybridized carbons (Fsp3) is 0.364. The molecule has 0 N–H and O–H groups in total. The summed E-state index contributed by atoms with van der Waals surface area (Å²) in [5, 5.41) is 0. The van der Waals surface area contributed by atoms with Gasteiger partial charge in [0.15, 0.2) is 5.78 Å². The van der Waals surface area contributed by atoms with Crippen LogP contribution in [0.3, 0.4) is 0 Å². The maximum absolute atomic E-state index is 11.8. The van der Waals surface area contributed by atoms with Crippen LogP contribution in [-0.4, -0.2) is 5.78 Å². The summed E-state index contributed by atoms with van der Waals surface area (Å²) in [5.74, 6) is 0.527. The highest BCUT2D eigenvalue weighted by Gasteiger charge is 2.30. The third kappa shape index (κ3) is 1.33. The summed E-state index contributed by atoms with van der Waals surface area (Å²) in [6.45, 7) is 2.07. The van der Waals surface area contributed by atoms with E-state index in [2.05, 4.69) is 22.9 Å². The lowest BCUT2D eigenvalue weighted by Crippen LogP contribution is -2.07. The van der Waals surface area contributed by atoms with Crippen molar-refractivity contribution < 1.29 is 4.79 Å². The Morgan fingerprint density at radius 1 is 1.54 bits per heavy atom. The molecule has 1 aromatic carbocycles. The van der Waals surface area contributed by atoms with Crippen molar-refractivity contribution in [3.8, 4) is 0 Å². The predicted molar refractivity (Wildman–Crippen MR) is 56.0 cm³/mol. The molecule has 0 saturated carbocycles. The molecule has 68 valence electrons. The first-order valence-corrected chi connectivity index (χ1v) is 5.35. The second-order valence-electron chi connectivity index (χ2n) is 3.45. The van der Waals surface area contributed by atoms with E-state index in [0.717, 1.165) is 22.9 Å². The van der Waals surface area contributed by atoms with Gasteiger partial charge in [-0.25, -0.2) is 0 Å². The molecule has 0 saturated heterocycles. The second kappa shape index (κ2) is 3.26. The third-order valence-electron chi connectivity index (χ3n) is 2.68. The van der Waals surface area contributed by atoms with E-state index < -0.39 is 0 Å². The van der Waals surface area contributed by atoms with Crippen molar-refractivity contribution in [1.29, 1.82) is 0 Å². The van der Waals surface area contributed by atoms with Crippen molar-refractivity contribution in [3.63, 3.8) is 0 Å². The average molecular weight is 239 g/mol. The third-order valence-corrected chi connectivity index (χ3v) is 3.34. The molecule has 1 nitrogen and oxygen atoms in total. The van der Waals surface area contributed by atoms with Crippen LogP contribution in [-0.2, 0) is 6.42 Å². The van der Waals surface area contributed by atoms with Crippen LogP contribution in [0.5, 0.6) is 0 Å². The minimum absolute atomic E-state index is 0.216. The molecule has 0 radical (unpaired) electrons. The van der Waals surface area contributed by atoms with Crippen molar-refractivity contribution in [2.24, 2.45) is 5.92 Å². The van der Waals surface area contributed by atoms with Crippen molar-refractivity contribution in [3.05, 3.63) is 33.8 Å². The van der Waals surface area contributed by atoms with Crippen LogP contribution >= 0.6 is 15.9 Å². The quantitative estimate of drug-likeness (QED) is 0.735. The first-order valence-electron chi connectivity index (χ1n) is 4.55. The van der Waals surface area contributed by atoms with Gasteiger partial charge in [0.05, 0.1) is 0 Å². The summed E-state index contributed by atoms with van der Waals surface area (Å²) >= 11 is 3.42. The Morgan fingerprint density at radius 3 is 2.92 bits per heavy atom. The minimum atomic E-state index is 0.216. The van der Waals surface area contributed by atoms with E-state index in [4.69, 9.17) is 0 Å². The Kier molecular flexibility index (Phi) is 2.24. The standard InChI is InChI=1S/C11H11BrO/c1-2-7-6-8-4-3-5-9(12)10(8)11(7)13/h3-5,7H,2,6H2,1H3. The van der Waals surface area contributed by atoms with Gasteiger partial charge in [0.25, 0.3) is 0 Å². The monoisotopic (exact) mass is 238 g/mol. The molecule has 0 heterocycles. The van der Waals surface area contributed by atoms with Gasteiger partial charge in [0.2, 0.25) is 0 Å². The molecule has 1 atom stereocenters. The largest absolute Gasteiger partial charge is 0.294 e. The van der Waals surface area contributed by atoms with E-state index in [1.807, 2.05) is 18.2 Å². The molecule has 0 bridgehead atoms. The highest BCUT2D eigenvalue weighted by Crippen LogP contribution is 2.33. The summed E-state index contributed by atoms with van der Waals surface area (Å²) < 4.78 is 0.950. The van der Waals surface area contributed by atoms with Crippen molar-refractivity contribution in [1.82, 2.24) is 0 Å². The molecular formula is C11H11BrO. The summed E-state index contributed by atoms with van der Waals surface area (Å²) in [7, 11) is 0. The number of rotatable bonds is 1. The maximum Gasteiger partial charge on any atom is 0.167 e. The van der Waals surface area contributed by atoms with E-state index in [1.54, 1.807) is 0 Å². The van der Waals surface area contributed by atoms with Crippen molar-refractivity contribution in [2.75, 3.05) is 0 Å². The number of carbonyl (C=O) groups excluding carboxylic acids is 1. The molecule has 0 fully saturated rings. The van der Waals surface area contributed by atoms with Gasteiger partial charge in [-0.15, -0.1) is 0 Å². The van der Waals surface area contributed by atoms with Gasteiger partial charge in [-0.1, -0.05) is 35.0 Å². The van der Waals surface area contributed by atoms with E-state index in [0.29, 0.717) is 5.78 Å². The highest BCUT2D eigenvalue weighted by molar-refractivity contribution is 9.10. The summed E-state index contributed by atoms with van der Waals surface area (Å²) in [6, 6.07) is 5.98. The second-order valence-corrected chi connectivity index (χ2v) is 4.30. The van der Waals surface area contributed by atoms with Crippen LogP contribution < -0.4 is 0 Å². The number of hydrogen-bond acceptors (Lipinski definition) is 1. The summed E-state index contributed by atoms with van der Waals surface area (Å²) in [6.07, 6.45) is 1.87. The number of fused-ring (bicyclic) bond motifs is 1. The zero-order valence-corrected chi connectivity index (χ0v) is 9.10. The highest BCUT2D eigenvalue weighted by atomic mass is 79.9. The number of halogens is 1. The lowest BCUT2D eigenvalue weighted by molar-refractivity contribution is 0.0933. The Hall–Kier alpha value is -0.630. The fourth-order valence-corrected chi connectivity index (χ4v) is 2.51. The normalized spacial score (nSPS) is 20.5. The van der Waals surface area contributed by atoms with Crippen LogP contribution in [0.4, 0.5) is 0 Å². The zero-order chi connectivity index (χ0) is 9.42. The van der Waals surface area contributed by atoms with Gasteiger partial charge in [-0.2, -0.15) is 0 Å². The Balaban J connectivity index is 2.50. The molecule has 1 aromatic rings. The first-order chi connectivity index (χ1) is 6.24. The molecule has 1 unspecified atom stereocenters. The summed E-state index contributed by atoms with van der Waals surface area (Å²) in [5.41, 5.74) is 2.11. The number of hydrogen-bond donors (Lipinski definition) is 0. The molecule has 0 amide bonds. The van der Waals surface area contributed by atoms with Gasteiger partial charge >= 0.3 is 0 Å². The molecule has 0 aliphatic heterocycles. The van der Waals surface area contributed by atoms with Gasteiger partial charge in [0.1, 0.15) is 0 Å². The van der Waals surface area contributed by atoms with Gasteiger partial charge in [-0.05, 0) is 24.5 Å². The molecule has 1 aliphatic rings. The first kappa shape index (κ1) is 8.95. The van der Waals surface area contributed by atoms with E-state index in [9.17, 15) is 4.79 Å². The number of ketones is 1. The Labute approximate surface area is 86.3 Å². The van der Waals surface area contributed by atoms with Crippen LogP contribution in [0, 0.1) is 5.92 Å². The molecular weight excluding hydrogens is 228 g/mol. The number of Topliss-reactive ketones (excluding diaryl/α,β-unsaturated/α-hetero) is 1. The zero-order valence-electron chi connectivity index (χ0n) is 7.51. The van der Waals surface area contributed by atoms with Crippen LogP contribution in [0.1, 0.15) is 29.3 Å². The Morgan fingerprint density at radius 2 is 2.31 bits per heavy atom. The number of benzene rings is 1. The smallest absolute Gasteiger partial charge is 0.167 e. The molecule has 1 aliphatic carbocycles. The maximum atomic E-state index is 11.8. The van der Waals surface area contributed by atoms with Crippen LogP contribution in [0.2, 0.25) is 0 Å².